The summed E-state index contributed by atoms with van der Waals surface area (Å²) in [6, 6.07) is 36.1. The van der Waals surface area contributed by atoms with E-state index in [2.05, 4.69) is 136 Å². The van der Waals surface area contributed by atoms with Gasteiger partial charge in [-0.15, -0.1) is 0 Å². The summed E-state index contributed by atoms with van der Waals surface area (Å²) in [5.74, 6) is 0. The second-order valence-electron chi connectivity index (χ2n) is 9.46. The molecule has 0 nitrogen and oxygen atoms in total. The minimum atomic E-state index is -0.437. The Morgan fingerprint density at radius 1 is 0.686 bits per heavy atom. The molecule has 0 radical (unpaired) electrons. The predicted octanol–water partition coefficient (Wildman–Crippen LogP) is 9.30. The van der Waals surface area contributed by atoms with Gasteiger partial charge in [-0.05, 0) is 93.0 Å². The number of fused-ring (bicyclic) bond motifs is 5. The van der Waals surface area contributed by atoms with Crippen molar-refractivity contribution in [2.75, 3.05) is 0 Å². The third kappa shape index (κ3) is 3.14. The van der Waals surface area contributed by atoms with E-state index < -0.39 is 5.41 Å². The van der Waals surface area contributed by atoms with E-state index in [1.165, 1.54) is 60.5 Å². The van der Waals surface area contributed by atoms with Crippen LogP contribution in [0.4, 0.5) is 0 Å². The average Bonchev–Trinajstić information content (AvgIpc) is 3.15. The number of aryl methyl sites for hydroxylation is 1. The second kappa shape index (κ2) is 8.25. The molecule has 0 spiro atoms. The Hall–Kier alpha value is -4.16. The van der Waals surface area contributed by atoms with Crippen LogP contribution in [0.15, 0.2) is 134 Å². The molecule has 168 valence electrons. The van der Waals surface area contributed by atoms with E-state index in [0.29, 0.717) is 0 Å². The molecule has 5 aromatic rings. The highest BCUT2D eigenvalue weighted by atomic mass is 14.5. The first-order chi connectivity index (χ1) is 17.2. The molecule has 0 aromatic heterocycles. The summed E-state index contributed by atoms with van der Waals surface area (Å²) in [5, 5.41) is 5.06. The van der Waals surface area contributed by atoms with E-state index in [0.717, 1.165) is 0 Å². The fraction of sp³-hybridized carbons (Fsp3) is 0.0857. The minimum Gasteiger partial charge on any atom is -0.0991 e. The molecule has 1 aliphatic carbocycles. The van der Waals surface area contributed by atoms with Crippen LogP contribution >= 0.6 is 0 Å². The number of hydrogen-bond donors (Lipinski definition) is 0. The van der Waals surface area contributed by atoms with E-state index >= 15 is 0 Å². The summed E-state index contributed by atoms with van der Waals surface area (Å²) < 4.78 is 0. The predicted molar refractivity (Wildman–Crippen MR) is 151 cm³/mol. The third-order valence-corrected chi connectivity index (χ3v) is 7.43. The molecule has 0 N–H and O–H groups in total. The van der Waals surface area contributed by atoms with Crippen LogP contribution in [0.2, 0.25) is 0 Å². The van der Waals surface area contributed by atoms with Gasteiger partial charge in [-0.2, -0.15) is 0 Å². The van der Waals surface area contributed by atoms with Crippen molar-refractivity contribution in [2.45, 2.75) is 19.3 Å². The van der Waals surface area contributed by atoms with Gasteiger partial charge in [0, 0.05) is 0 Å². The Morgan fingerprint density at radius 2 is 1.17 bits per heavy atom. The zero-order valence-electron chi connectivity index (χ0n) is 20.3. The molecule has 0 aliphatic heterocycles. The normalized spacial score (nSPS) is 14.4. The van der Waals surface area contributed by atoms with E-state index in [1.54, 1.807) is 0 Å². The highest BCUT2D eigenvalue weighted by molar-refractivity contribution is 6.00. The maximum Gasteiger partial charge on any atom is 0.0713 e. The van der Waals surface area contributed by atoms with Crippen LogP contribution in [-0.2, 0) is 5.41 Å². The van der Waals surface area contributed by atoms with Crippen LogP contribution in [-0.4, -0.2) is 0 Å². The van der Waals surface area contributed by atoms with Crippen LogP contribution in [0, 0.1) is 6.92 Å². The Bertz CT molecular complexity index is 1570. The minimum absolute atomic E-state index is 0.437. The van der Waals surface area contributed by atoms with Gasteiger partial charge in [0.2, 0.25) is 0 Å². The van der Waals surface area contributed by atoms with Gasteiger partial charge in [-0.25, -0.2) is 0 Å². The van der Waals surface area contributed by atoms with Gasteiger partial charge in [0.1, 0.15) is 0 Å². The molecule has 0 heterocycles. The van der Waals surface area contributed by atoms with Crippen molar-refractivity contribution < 1.29 is 0 Å². The maximum atomic E-state index is 4.09. The number of rotatable bonds is 4. The fourth-order valence-electron chi connectivity index (χ4n) is 5.90. The molecular formula is C35H28. The van der Waals surface area contributed by atoms with Crippen molar-refractivity contribution in [2.24, 2.45) is 0 Å². The maximum absolute atomic E-state index is 4.09. The van der Waals surface area contributed by atoms with Crippen LogP contribution < -0.4 is 0 Å². The summed E-state index contributed by atoms with van der Waals surface area (Å²) in [5.41, 5.74) is 8.61. The number of allylic oxidation sites excluding steroid dienone is 5. The van der Waals surface area contributed by atoms with Gasteiger partial charge in [0.25, 0.3) is 0 Å². The van der Waals surface area contributed by atoms with Crippen LogP contribution in [0.5, 0.6) is 0 Å². The fourth-order valence-corrected chi connectivity index (χ4v) is 5.90. The van der Waals surface area contributed by atoms with Crippen molar-refractivity contribution in [1.82, 2.24) is 0 Å². The van der Waals surface area contributed by atoms with Crippen LogP contribution in [0.1, 0.15) is 29.2 Å². The van der Waals surface area contributed by atoms with E-state index in [1.807, 2.05) is 6.08 Å². The van der Waals surface area contributed by atoms with E-state index in [9.17, 15) is 0 Å². The first-order valence-corrected chi connectivity index (χ1v) is 12.3. The molecule has 0 saturated heterocycles. The van der Waals surface area contributed by atoms with E-state index in [-0.39, 0.29) is 0 Å². The monoisotopic (exact) mass is 448 g/mol. The molecule has 35 heavy (non-hydrogen) atoms. The molecule has 1 aliphatic rings. The Kier molecular flexibility index (Phi) is 5.04. The highest BCUT2D eigenvalue weighted by Gasteiger charge is 2.47. The lowest BCUT2D eigenvalue weighted by Crippen LogP contribution is -2.29. The Morgan fingerprint density at radius 3 is 1.63 bits per heavy atom. The van der Waals surface area contributed by atoms with Gasteiger partial charge in [0.05, 0.1) is 5.41 Å². The molecule has 0 bridgehead atoms. The molecule has 6 rings (SSSR count). The molecule has 0 heteroatoms. The largest absolute Gasteiger partial charge is 0.0991 e. The summed E-state index contributed by atoms with van der Waals surface area (Å²) in [4.78, 5) is 0. The molecule has 0 fully saturated rings. The van der Waals surface area contributed by atoms with Gasteiger partial charge >= 0.3 is 0 Å². The standard InChI is InChI=1S/C35H28/c1-4-10-29(11-5-2)35(30-18-16-24(3)17-19-30)33-22-27-14-8-6-12-25(27)20-31(33)32-21-26-13-7-9-15-28(26)23-34(32)35/h4-23H,1H2,2-3H3/b11-5-,29-10+. The lowest BCUT2D eigenvalue weighted by Gasteiger charge is -2.35. The van der Waals surface area contributed by atoms with E-state index in [4.69, 9.17) is 0 Å². The van der Waals surface area contributed by atoms with Gasteiger partial charge < -0.3 is 0 Å². The topological polar surface area (TPSA) is 0 Å². The summed E-state index contributed by atoms with van der Waals surface area (Å²) in [6.07, 6.45) is 8.50. The van der Waals surface area contributed by atoms with Crippen LogP contribution in [0.25, 0.3) is 32.7 Å². The smallest absolute Gasteiger partial charge is 0.0713 e. The SMILES string of the molecule is C=C/C=C(\C=C/C)C1(c2ccc(C)cc2)c2cc3ccccc3cc2-c2cc3ccccc3cc21. The first kappa shape index (κ1) is 21.4. The molecule has 0 amide bonds. The molecule has 5 aromatic carbocycles. The number of benzene rings is 5. The van der Waals surface area contributed by atoms with Crippen molar-refractivity contribution >= 4 is 21.5 Å². The average molecular weight is 449 g/mol. The summed E-state index contributed by atoms with van der Waals surface area (Å²) in [6.45, 7) is 8.34. The summed E-state index contributed by atoms with van der Waals surface area (Å²) >= 11 is 0. The van der Waals surface area contributed by atoms with Crippen molar-refractivity contribution in [1.29, 1.82) is 0 Å². The summed E-state index contributed by atoms with van der Waals surface area (Å²) in [7, 11) is 0. The number of hydrogen-bond acceptors (Lipinski definition) is 0. The zero-order valence-corrected chi connectivity index (χ0v) is 20.3. The second-order valence-corrected chi connectivity index (χ2v) is 9.46. The quantitative estimate of drug-likeness (QED) is 0.240. The molecule has 0 unspecified atom stereocenters. The first-order valence-electron chi connectivity index (χ1n) is 12.3. The highest BCUT2D eigenvalue weighted by Crippen LogP contribution is 2.58. The Balaban J connectivity index is 1.85. The Labute approximate surface area is 207 Å². The molecule has 0 saturated carbocycles. The molecular weight excluding hydrogens is 420 g/mol. The third-order valence-electron chi connectivity index (χ3n) is 7.43. The van der Waals surface area contributed by atoms with Crippen molar-refractivity contribution in [3.63, 3.8) is 0 Å². The van der Waals surface area contributed by atoms with Crippen LogP contribution in [0.3, 0.4) is 0 Å². The molecule has 0 atom stereocenters. The van der Waals surface area contributed by atoms with Gasteiger partial charge in [-0.1, -0.05) is 109 Å². The lowest BCUT2D eigenvalue weighted by molar-refractivity contribution is 0.768. The van der Waals surface area contributed by atoms with Crippen molar-refractivity contribution in [3.8, 4) is 11.1 Å². The lowest BCUT2D eigenvalue weighted by atomic mass is 9.66. The van der Waals surface area contributed by atoms with Gasteiger partial charge in [0.15, 0.2) is 0 Å². The van der Waals surface area contributed by atoms with Crippen molar-refractivity contribution in [3.05, 3.63) is 156 Å². The van der Waals surface area contributed by atoms with Gasteiger partial charge in [-0.3, -0.25) is 0 Å². The zero-order chi connectivity index (χ0) is 24.0.